The monoisotopic (exact) mass is 270 g/mol. The molecule has 1 aromatic carbocycles. The van der Waals surface area contributed by atoms with E-state index in [9.17, 15) is 22.4 Å². The molecular formula is C10H7ClF4O2. The molecule has 0 amide bonds. The van der Waals surface area contributed by atoms with Crippen LogP contribution in [-0.2, 0) is 0 Å². The highest BCUT2D eigenvalue weighted by Gasteiger charge is 2.20. The van der Waals surface area contributed by atoms with Gasteiger partial charge in [-0.25, -0.2) is 8.78 Å². The zero-order valence-corrected chi connectivity index (χ0v) is 9.27. The Balaban J connectivity index is 3.30. The molecule has 0 N–H and O–H groups in total. The molecule has 94 valence electrons. The van der Waals surface area contributed by atoms with Crippen molar-refractivity contribution >= 4 is 17.4 Å². The van der Waals surface area contributed by atoms with Gasteiger partial charge in [-0.05, 0) is 13.0 Å². The first-order chi connectivity index (χ1) is 7.82. The normalized spacial score (nSPS) is 11.1. The number of ketones is 1. The SMILES string of the molecule is CC(=O)c1cc(C(F)F)c(Cl)cc1OC(F)F. The van der Waals surface area contributed by atoms with Crippen molar-refractivity contribution in [2.24, 2.45) is 0 Å². The lowest BCUT2D eigenvalue weighted by atomic mass is 10.1. The topological polar surface area (TPSA) is 26.3 Å². The van der Waals surface area contributed by atoms with Gasteiger partial charge in [-0.2, -0.15) is 8.78 Å². The number of Topliss-reactive ketones (excluding diaryl/α,β-unsaturated/α-hetero) is 1. The van der Waals surface area contributed by atoms with E-state index in [0.29, 0.717) is 0 Å². The first-order valence-corrected chi connectivity index (χ1v) is 4.78. The second kappa shape index (κ2) is 5.35. The number of rotatable bonds is 4. The summed E-state index contributed by atoms with van der Waals surface area (Å²) in [6.45, 7) is -2.11. The summed E-state index contributed by atoms with van der Waals surface area (Å²) in [4.78, 5) is 11.1. The summed E-state index contributed by atoms with van der Waals surface area (Å²) < 4.78 is 53.1. The zero-order chi connectivity index (χ0) is 13.2. The quantitative estimate of drug-likeness (QED) is 0.609. The number of halogens is 5. The minimum Gasteiger partial charge on any atom is -0.434 e. The molecule has 0 heterocycles. The van der Waals surface area contributed by atoms with E-state index in [4.69, 9.17) is 11.6 Å². The highest BCUT2D eigenvalue weighted by atomic mass is 35.5. The van der Waals surface area contributed by atoms with Crippen molar-refractivity contribution in [3.05, 3.63) is 28.3 Å². The van der Waals surface area contributed by atoms with Crippen molar-refractivity contribution in [2.45, 2.75) is 20.0 Å². The zero-order valence-electron chi connectivity index (χ0n) is 8.52. The highest BCUT2D eigenvalue weighted by molar-refractivity contribution is 6.31. The van der Waals surface area contributed by atoms with Gasteiger partial charge in [-0.3, -0.25) is 4.79 Å². The molecular weight excluding hydrogens is 264 g/mol. The molecule has 0 fully saturated rings. The molecule has 2 nitrogen and oxygen atoms in total. The van der Waals surface area contributed by atoms with Gasteiger partial charge in [0.2, 0.25) is 0 Å². The third-order valence-electron chi connectivity index (χ3n) is 1.93. The van der Waals surface area contributed by atoms with Crippen molar-refractivity contribution in [2.75, 3.05) is 0 Å². The van der Waals surface area contributed by atoms with E-state index in [-0.39, 0.29) is 5.56 Å². The van der Waals surface area contributed by atoms with Gasteiger partial charge >= 0.3 is 6.61 Å². The summed E-state index contributed by atoms with van der Waals surface area (Å²) in [7, 11) is 0. The van der Waals surface area contributed by atoms with E-state index in [1.165, 1.54) is 0 Å². The van der Waals surface area contributed by atoms with Crippen LogP contribution in [0.5, 0.6) is 5.75 Å². The van der Waals surface area contributed by atoms with Crippen LogP contribution in [0.3, 0.4) is 0 Å². The lowest BCUT2D eigenvalue weighted by Gasteiger charge is -2.12. The van der Waals surface area contributed by atoms with E-state index in [1.807, 2.05) is 0 Å². The third-order valence-corrected chi connectivity index (χ3v) is 2.26. The fraction of sp³-hybridized carbons (Fsp3) is 0.300. The van der Waals surface area contributed by atoms with Crippen molar-refractivity contribution in [3.63, 3.8) is 0 Å². The standard InChI is InChI=1S/C10H7ClF4O2/c1-4(16)5-2-6(9(12)13)7(11)3-8(5)17-10(14)15/h2-3,9-10H,1H3. The fourth-order valence-electron chi connectivity index (χ4n) is 1.21. The van der Waals surface area contributed by atoms with Crippen LogP contribution in [0.1, 0.15) is 29.3 Å². The molecule has 7 heteroatoms. The third kappa shape index (κ3) is 3.33. The Labute approximate surface area is 99.1 Å². The second-order valence-electron chi connectivity index (χ2n) is 3.11. The lowest BCUT2D eigenvalue weighted by molar-refractivity contribution is -0.0501. The first kappa shape index (κ1) is 13.8. The van der Waals surface area contributed by atoms with Crippen molar-refractivity contribution in [1.29, 1.82) is 0 Å². The summed E-state index contributed by atoms with van der Waals surface area (Å²) in [6.07, 6.45) is -2.90. The predicted molar refractivity (Wildman–Crippen MR) is 53.0 cm³/mol. The van der Waals surface area contributed by atoms with Gasteiger partial charge in [-0.15, -0.1) is 0 Å². The number of carbonyl (C=O) groups excluding carboxylic acids is 1. The Morgan fingerprint density at radius 2 is 1.88 bits per heavy atom. The number of alkyl halides is 4. The second-order valence-corrected chi connectivity index (χ2v) is 3.51. The fourth-order valence-corrected chi connectivity index (χ4v) is 1.44. The molecule has 0 aliphatic heterocycles. The van der Waals surface area contributed by atoms with Crippen LogP contribution in [0.25, 0.3) is 0 Å². The van der Waals surface area contributed by atoms with E-state index in [1.54, 1.807) is 0 Å². The van der Waals surface area contributed by atoms with Gasteiger partial charge in [0.25, 0.3) is 6.43 Å². The molecule has 1 aromatic rings. The Morgan fingerprint density at radius 1 is 1.29 bits per heavy atom. The largest absolute Gasteiger partial charge is 0.434 e. The number of hydrogen-bond donors (Lipinski definition) is 0. The molecule has 0 bridgehead atoms. The van der Waals surface area contributed by atoms with Crippen LogP contribution in [-0.4, -0.2) is 12.4 Å². The average molecular weight is 271 g/mol. The van der Waals surface area contributed by atoms with Gasteiger partial charge in [-0.1, -0.05) is 11.6 Å². The predicted octanol–water partition coefficient (Wildman–Crippen LogP) is 4.08. The molecule has 0 saturated carbocycles. The van der Waals surface area contributed by atoms with E-state index in [0.717, 1.165) is 19.1 Å². The lowest BCUT2D eigenvalue weighted by Crippen LogP contribution is -2.07. The first-order valence-electron chi connectivity index (χ1n) is 4.40. The summed E-state index contributed by atoms with van der Waals surface area (Å²) in [5.74, 6) is -1.18. The highest BCUT2D eigenvalue weighted by Crippen LogP contribution is 2.34. The Kier molecular flexibility index (Phi) is 4.34. The maximum Gasteiger partial charge on any atom is 0.387 e. The average Bonchev–Trinajstić information content (AvgIpc) is 2.15. The van der Waals surface area contributed by atoms with Crippen molar-refractivity contribution < 1.29 is 27.1 Å². The number of hydrogen-bond acceptors (Lipinski definition) is 2. The molecule has 17 heavy (non-hydrogen) atoms. The van der Waals surface area contributed by atoms with E-state index >= 15 is 0 Å². The molecule has 0 aliphatic rings. The summed E-state index contributed by atoms with van der Waals surface area (Å²) in [5.41, 5.74) is -0.955. The van der Waals surface area contributed by atoms with Crippen molar-refractivity contribution in [1.82, 2.24) is 0 Å². The smallest absolute Gasteiger partial charge is 0.387 e. The van der Waals surface area contributed by atoms with Crippen LogP contribution in [0.15, 0.2) is 12.1 Å². The van der Waals surface area contributed by atoms with E-state index < -0.39 is 35.2 Å². The Morgan fingerprint density at radius 3 is 2.29 bits per heavy atom. The van der Waals surface area contributed by atoms with Gasteiger partial charge in [0.1, 0.15) is 5.75 Å². The van der Waals surface area contributed by atoms with Crippen LogP contribution in [0.2, 0.25) is 5.02 Å². The van der Waals surface area contributed by atoms with Crippen LogP contribution < -0.4 is 4.74 Å². The number of ether oxygens (including phenoxy) is 1. The summed E-state index contributed by atoms with van der Waals surface area (Å²) >= 11 is 5.47. The minimum atomic E-state index is -3.17. The summed E-state index contributed by atoms with van der Waals surface area (Å²) in [5, 5.41) is -0.430. The van der Waals surface area contributed by atoms with Gasteiger partial charge in [0.05, 0.1) is 10.6 Å². The van der Waals surface area contributed by atoms with Gasteiger partial charge in [0, 0.05) is 11.6 Å². The maximum atomic E-state index is 12.5. The molecule has 0 radical (unpaired) electrons. The molecule has 0 unspecified atom stereocenters. The van der Waals surface area contributed by atoms with Gasteiger partial charge < -0.3 is 4.74 Å². The Bertz CT molecular complexity index is 435. The van der Waals surface area contributed by atoms with Crippen molar-refractivity contribution in [3.8, 4) is 5.75 Å². The van der Waals surface area contributed by atoms with Crippen LogP contribution in [0.4, 0.5) is 17.6 Å². The number of benzene rings is 1. The van der Waals surface area contributed by atoms with Crippen LogP contribution in [0, 0.1) is 0 Å². The molecule has 1 rings (SSSR count). The molecule has 0 aromatic heterocycles. The number of carbonyl (C=O) groups is 1. The molecule has 0 saturated heterocycles. The Hall–Kier alpha value is -1.30. The molecule has 0 spiro atoms. The molecule has 0 aliphatic carbocycles. The molecule has 0 atom stereocenters. The van der Waals surface area contributed by atoms with E-state index in [2.05, 4.69) is 4.74 Å². The summed E-state index contributed by atoms with van der Waals surface area (Å²) in [6, 6.07) is 1.54. The maximum absolute atomic E-state index is 12.5. The van der Waals surface area contributed by atoms with Gasteiger partial charge in [0.15, 0.2) is 5.78 Å². The minimum absolute atomic E-state index is 0.356. The van der Waals surface area contributed by atoms with Crippen LogP contribution >= 0.6 is 11.6 Å².